The summed E-state index contributed by atoms with van der Waals surface area (Å²) in [6.07, 6.45) is 0. The lowest BCUT2D eigenvalue weighted by atomic mass is 9.94. The maximum atomic E-state index is 13.5. The molecule has 2 aliphatic heterocycles. The van der Waals surface area contributed by atoms with Gasteiger partial charge in [0.15, 0.2) is 11.6 Å². The molecule has 0 unspecified atom stereocenters. The molecule has 24 heavy (non-hydrogen) atoms. The van der Waals surface area contributed by atoms with Crippen molar-refractivity contribution < 1.29 is 13.9 Å². The van der Waals surface area contributed by atoms with Crippen LogP contribution in [0.5, 0.6) is 5.75 Å². The van der Waals surface area contributed by atoms with Crippen molar-refractivity contribution in [3.63, 3.8) is 0 Å². The molecule has 1 amide bonds. The van der Waals surface area contributed by atoms with Crippen molar-refractivity contribution in [1.82, 2.24) is 10.2 Å². The second-order valence-electron chi connectivity index (χ2n) is 6.32. The number of fused-ring (bicyclic) bond motifs is 1. The van der Waals surface area contributed by atoms with Crippen molar-refractivity contribution in [2.45, 2.75) is 12.2 Å². The molecule has 1 saturated heterocycles. The number of anilines is 1. The van der Waals surface area contributed by atoms with Gasteiger partial charge in [0.2, 0.25) is 0 Å². The van der Waals surface area contributed by atoms with Gasteiger partial charge < -0.3 is 15.4 Å². The molecule has 1 fully saturated rings. The van der Waals surface area contributed by atoms with E-state index < -0.39 is 5.66 Å². The van der Waals surface area contributed by atoms with Crippen LogP contribution in [0.15, 0.2) is 42.5 Å². The van der Waals surface area contributed by atoms with Crippen LogP contribution >= 0.6 is 0 Å². The molecule has 5 nitrogen and oxygen atoms in total. The Morgan fingerprint density at radius 1 is 1.21 bits per heavy atom. The minimum atomic E-state index is -0.421. The van der Waals surface area contributed by atoms with E-state index in [1.807, 2.05) is 24.3 Å². The highest BCUT2D eigenvalue weighted by Crippen LogP contribution is 2.31. The van der Waals surface area contributed by atoms with E-state index in [2.05, 4.69) is 15.5 Å². The molecule has 2 heterocycles. The van der Waals surface area contributed by atoms with Crippen LogP contribution in [0, 0.1) is 5.82 Å². The van der Waals surface area contributed by atoms with Crippen LogP contribution in [0.4, 0.5) is 10.1 Å². The van der Waals surface area contributed by atoms with Crippen molar-refractivity contribution in [1.29, 1.82) is 0 Å². The van der Waals surface area contributed by atoms with E-state index in [1.54, 1.807) is 12.1 Å². The number of hydrogen-bond acceptors (Lipinski definition) is 4. The number of carbonyl (C=O) groups is 1. The molecule has 0 saturated carbocycles. The van der Waals surface area contributed by atoms with Crippen LogP contribution in [-0.2, 0) is 6.54 Å². The summed E-state index contributed by atoms with van der Waals surface area (Å²) in [6.45, 7) is 2.05. The van der Waals surface area contributed by atoms with Crippen molar-refractivity contribution in [2.24, 2.45) is 0 Å². The van der Waals surface area contributed by atoms with Gasteiger partial charge in [-0.1, -0.05) is 18.2 Å². The SMILES string of the molecule is COc1cc(CN2CC3(C2)NC(=O)c2ccccc2N3)ccc1F. The Morgan fingerprint density at radius 3 is 2.79 bits per heavy atom. The fourth-order valence-electron chi connectivity index (χ4n) is 3.41. The zero-order valence-corrected chi connectivity index (χ0v) is 13.3. The highest BCUT2D eigenvalue weighted by atomic mass is 19.1. The number of rotatable bonds is 3. The number of nitrogens with one attached hydrogen (secondary N) is 2. The van der Waals surface area contributed by atoms with E-state index >= 15 is 0 Å². The number of amides is 1. The first-order valence-electron chi connectivity index (χ1n) is 7.83. The van der Waals surface area contributed by atoms with Gasteiger partial charge in [0.05, 0.1) is 12.7 Å². The van der Waals surface area contributed by atoms with Crippen LogP contribution in [0.2, 0.25) is 0 Å². The molecule has 0 aromatic heterocycles. The Hall–Kier alpha value is -2.60. The topological polar surface area (TPSA) is 53.6 Å². The maximum Gasteiger partial charge on any atom is 0.255 e. The number of benzene rings is 2. The summed E-state index contributed by atoms with van der Waals surface area (Å²) in [5.74, 6) is -0.160. The quantitative estimate of drug-likeness (QED) is 0.907. The first-order chi connectivity index (χ1) is 11.6. The Labute approximate surface area is 139 Å². The van der Waals surface area contributed by atoms with Gasteiger partial charge in [-0.05, 0) is 29.8 Å². The van der Waals surface area contributed by atoms with Crippen molar-refractivity contribution in [3.8, 4) is 5.75 Å². The predicted octanol–water partition coefficient (Wildman–Crippen LogP) is 2.20. The highest BCUT2D eigenvalue weighted by Gasteiger charge is 2.47. The molecule has 0 atom stereocenters. The van der Waals surface area contributed by atoms with Crippen LogP contribution in [0.3, 0.4) is 0 Å². The van der Waals surface area contributed by atoms with Crippen LogP contribution < -0.4 is 15.4 Å². The molecular weight excluding hydrogens is 309 g/mol. The fourth-order valence-corrected chi connectivity index (χ4v) is 3.41. The maximum absolute atomic E-state index is 13.5. The molecule has 2 aliphatic rings. The summed E-state index contributed by atoms with van der Waals surface area (Å²) in [5, 5.41) is 6.49. The number of nitrogens with zero attached hydrogens (tertiary/aromatic N) is 1. The smallest absolute Gasteiger partial charge is 0.255 e. The van der Waals surface area contributed by atoms with Gasteiger partial charge in [-0.3, -0.25) is 9.69 Å². The molecule has 4 rings (SSSR count). The zero-order valence-electron chi connectivity index (χ0n) is 13.3. The predicted molar refractivity (Wildman–Crippen MR) is 88.5 cm³/mol. The zero-order chi connectivity index (χ0) is 16.7. The third kappa shape index (κ3) is 2.49. The summed E-state index contributed by atoms with van der Waals surface area (Å²) in [6, 6.07) is 12.4. The first kappa shape index (κ1) is 15.0. The number of para-hydroxylation sites is 1. The van der Waals surface area contributed by atoms with E-state index in [9.17, 15) is 9.18 Å². The normalized spacial score (nSPS) is 18.3. The number of methoxy groups -OCH3 is 1. The number of likely N-dealkylation sites (tertiary alicyclic amines) is 1. The molecule has 0 radical (unpaired) electrons. The Balaban J connectivity index is 1.44. The van der Waals surface area contributed by atoms with Crippen molar-refractivity contribution >= 4 is 11.6 Å². The molecule has 0 aliphatic carbocycles. The molecule has 1 spiro atoms. The summed E-state index contributed by atoms with van der Waals surface area (Å²) >= 11 is 0. The fraction of sp³-hybridized carbons (Fsp3) is 0.278. The molecule has 2 aromatic carbocycles. The van der Waals surface area contributed by atoms with E-state index in [0.717, 1.165) is 11.3 Å². The van der Waals surface area contributed by atoms with E-state index in [-0.39, 0.29) is 17.5 Å². The van der Waals surface area contributed by atoms with Gasteiger partial charge in [0.25, 0.3) is 5.91 Å². The van der Waals surface area contributed by atoms with Crippen LogP contribution in [-0.4, -0.2) is 36.7 Å². The van der Waals surface area contributed by atoms with Gasteiger partial charge in [0.1, 0.15) is 5.66 Å². The van der Waals surface area contributed by atoms with Gasteiger partial charge in [0, 0.05) is 25.3 Å². The molecule has 0 bridgehead atoms. The molecular formula is C18H18FN3O2. The number of hydrogen-bond donors (Lipinski definition) is 2. The van der Waals surface area contributed by atoms with E-state index in [0.29, 0.717) is 25.2 Å². The van der Waals surface area contributed by atoms with E-state index in [4.69, 9.17) is 4.74 Å². The standard InChI is InChI=1S/C18H18FN3O2/c1-24-16-8-12(6-7-14(16)19)9-22-10-18(11-22)20-15-5-3-2-4-13(15)17(23)21-18/h2-8,20H,9-11H2,1H3,(H,21,23). The lowest BCUT2D eigenvalue weighted by Gasteiger charge is -2.53. The summed E-state index contributed by atoms with van der Waals surface area (Å²) in [5.41, 5.74) is 2.09. The molecule has 6 heteroatoms. The third-order valence-corrected chi connectivity index (χ3v) is 4.51. The second-order valence-corrected chi connectivity index (χ2v) is 6.32. The Bertz CT molecular complexity index is 803. The minimum absolute atomic E-state index is 0.0487. The van der Waals surface area contributed by atoms with Crippen molar-refractivity contribution in [3.05, 3.63) is 59.4 Å². The van der Waals surface area contributed by atoms with Crippen LogP contribution in [0.25, 0.3) is 0 Å². The van der Waals surface area contributed by atoms with Gasteiger partial charge in [-0.2, -0.15) is 0 Å². The molecule has 124 valence electrons. The van der Waals surface area contributed by atoms with Gasteiger partial charge in [-0.25, -0.2) is 4.39 Å². The lowest BCUT2D eigenvalue weighted by Crippen LogP contribution is -2.75. The van der Waals surface area contributed by atoms with Crippen LogP contribution in [0.1, 0.15) is 15.9 Å². The molecule has 2 N–H and O–H groups in total. The monoisotopic (exact) mass is 327 g/mol. The number of halogens is 1. The van der Waals surface area contributed by atoms with Gasteiger partial charge >= 0.3 is 0 Å². The highest BCUT2D eigenvalue weighted by molar-refractivity contribution is 6.02. The number of ether oxygens (including phenoxy) is 1. The molecule has 2 aromatic rings. The van der Waals surface area contributed by atoms with Gasteiger partial charge in [-0.15, -0.1) is 0 Å². The summed E-state index contributed by atoms with van der Waals surface area (Å²) < 4.78 is 18.5. The average Bonchev–Trinajstić information content (AvgIpc) is 2.55. The Morgan fingerprint density at radius 2 is 2.00 bits per heavy atom. The Kier molecular flexibility index (Phi) is 3.42. The largest absolute Gasteiger partial charge is 0.494 e. The third-order valence-electron chi connectivity index (χ3n) is 4.51. The minimum Gasteiger partial charge on any atom is -0.494 e. The first-order valence-corrected chi connectivity index (χ1v) is 7.83. The number of carbonyl (C=O) groups excluding carboxylic acids is 1. The lowest BCUT2D eigenvalue weighted by molar-refractivity contribution is 0.0439. The summed E-state index contributed by atoms with van der Waals surface area (Å²) in [7, 11) is 1.46. The summed E-state index contributed by atoms with van der Waals surface area (Å²) in [4.78, 5) is 14.4. The average molecular weight is 327 g/mol. The van der Waals surface area contributed by atoms with E-state index in [1.165, 1.54) is 13.2 Å². The second kappa shape index (κ2) is 5.49. The van der Waals surface area contributed by atoms with Crippen molar-refractivity contribution in [2.75, 3.05) is 25.5 Å².